The Morgan fingerprint density at radius 2 is 1.93 bits per heavy atom. The Morgan fingerprint density at radius 3 is 2.67 bits per heavy atom. The second-order valence-electron chi connectivity index (χ2n) is 7.50. The molecule has 0 spiro atoms. The Hall–Kier alpha value is -2.41. The molecule has 1 N–H and O–H groups in total. The number of carbonyl (C=O) groups is 1. The summed E-state index contributed by atoms with van der Waals surface area (Å²) in [6, 6.07) is 7.11. The summed E-state index contributed by atoms with van der Waals surface area (Å²) < 4.78 is 2.59. The van der Waals surface area contributed by atoms with Gasteiger partial charge in [0, 0.05) is 20.1 Å². The summed E-state index contributed by atoms with van der Waals surface area (Å²) in [5, 5.41) is 2.87. The van der Waals surface area contributed by atoms with E-state index in [1.807, 2.05) is 0 Å². The number of carbonyl (C=O) groups excluding carboxylic acids is 1. The predicted octanol–water partition coefficient (Wildman–Crippen LogP) is 0.938. The standard InChI is InChI=1S/C20H28N4O3/c1-15-7-5-11-23(13-15)12-6-10-21-18(25)14-24-17-9-4-3-8-16(17)22(2)19(26)20(24)27/h3-4,8-9,15H,5-7,10-14H2,1-2H3,(H,21,25)/t15-/m1/s1. The van der Waals surface area contributed by atoms with Gasteiger partial charge in [-0.15, -0.1) is 0 Å². The highest BCUT2D eigenvalue weighted by atomic mass is 16.2. The van der Waals surface area contributed by atoms with Crippen molar-refractivity contribution in [2.24, 2.45) is 13.0 Å². The molecule has 0 saturated carbocycles. The van der Waals surface area contributed by atoms with Gasteiger partial charge in [0.2, 0.25) is 5.91 Å². The van der Waals surface area contributed by atoms with Gasteiger partial charge in [0.05, 0.1) is 11.0 Å². The van der Waals surface area contributed by atoms with Gasteiger partial charge in [-0.1, -0.05) is 19.1 Å². The fraction of sp³-hybridized carbons (Fsp3) is 0.550. The van der Waals surface area contributed by atoms with Crippen molar-refractivity contribution in [3.8, 4) is 0 Å². The van der Waals surface area contributed by atoms with Crippen LogP contribution in [-0.2, 0) is 18.4 Å². The van der Waals surface area contributed by atoms with Crippen molar-refractivity contribution in [3.63, 3.8) is 0 Å². The van der Waals surface area contributed by atoms with Crippen LogP contribution in [0.1, 0.15) is 26.2 Å². The molecule has 1 amide bonds. The number of nitrogens with one attached hydrogen (secondary N) is 1. The Bertz CT molecular complexity index is 931. The molecule has 1 fully saturated rings. The first-order valence-corrected chi connectivity index (χ1v) is 9.65. The lowest BCUT2D eigenvalue weighted by atomic mass is 10.0. The first-order chi connectivity index (χ1) is 13.0. The van der Waals surface area contributed by atoms with Crippen LogP contribution in [0.5, 0.6) is 0 Å². The minimum absolute atomic E-state index is 0.143. The van der Waals surface area contributed by atoms with Gasteiger partial charge in [-0.25, -0.2) is 0 Å². The average molecular weight is 372 g/mol. The third kappa shape index (κ3) is 4.47. The summed E-state index contributed by atoms with van der Waals surface area (Å²) in [4.78, 5) is 39.2. The molecule has 1 aliphatic heterocycles. The van der Waals surface area contributed by atoms with Gasteiger partial charge in [0.25, 0.3) is 0 Å². The maximum absolute atomic E-state index is 12.3. The van der Waals surface area contributed by atoms with E-state index in [4.69, 9.17) is 0 Å². The van der Waals surface area contributed by atoms with Crippen molar-refractivity contribution in [3.05, 3.63) is 45.0 Å². The lowest BCUT2D eigenvalue weighted by Crippen LogP contribution is -2.43. The largest absolute Gasteiger partial charge is 0.355 e. The van der Waals surface area contributed by atoms with Crippen LogP contribution in [0.15, 0.2) is 33.9 Å². The highest BCUT2D eigenvalue weighted by Crippen LogP contribution is 2.15. The number of piperidine rings is 1. The number of para-hydroxylation sites is 2. The van der Waals surface area contributed by atoms with Crippen LogP contribution in [0, 0.1) is 5.92 Å². The van der Waals surface area contributed by atoms with Crippen molar-refractivity contribution in [2.45, 2.75) is 32.7 Å². The molecule has 1 aliphatic rings. The molecule has 1 aromatic carbocycles. The number of aryl methyl sites for hydroxylation is 1. The quantitative estimate of drug-likeness (QED) is 0.605. The second kappa shape index (κ2) is 8.52. The van der Waals surface area contributed by atoms with E-state index in [2.05, 4.69) is 17.1 Å². The highest BCUT2D eigenvalue weighted by Gasteiger charge is 2.16. The van der Waals surface area contributed by atoms with Crippen LogP contribution in [0.3, 0.4) is 0 Å². The third-order valence-electron chi connectivity index (χ3n) is 5.28. The van der Waals surface area contributed by atoms with Gasteiger partial charge in [-0.05, 0) is 50.4 Å². The van der Waals surface area contributed by atoms with Crippen molar-refractivity contribution >= 4 is 16.9 Å². The van der Waals surface area contributed by atoms with E-state index in [1.165, 1.54) is 22.0 Å². The zero-order valence-electron chi connectivity index (χ0n) is 16.1. The summed E-state index contributed by atoms with van der Waals surface area (Å²) in [6.07, 6.45) is 3.42. The molecule has 0 aliphatic carbocycles. The van der Waals surface area contributed by atoms with E-state index in [0.29, 0.717) is 17.6 Å². The summed E-state index contributed by atoms with van der Waals surface area (Å²) in [5.74, 6) is 0.497. The molecule has 2 heterocycles. The molecule has 1 aromatic heterocycles. The topological polar surface area (TPSA) is 76.3 Å². The Balaban J connectivity index is 1.60. The number of hydrogen-bond acceptors (Lipinski definition) is 4. The zero-order chi connectivity index (χ0) is 19.4. The SMILES string of the molecule is C[C@@H]1CCCN(CCCNC(=O)Cn2c(=O)c(=O)n(C)c3ccccc32)C1. The normalized spacial score (nSPS) is 17.9. The third-order valence-corrected chi connectivity index (χ3v) is 5.28. The fourth-order valence-corrected chi connectivity index (χ4v) is 3.83. The van der Waals surface area contributed by atoms with Gasteiger partial charge in [-0.3, -0.25) is 19.0 Å². The molecule has 0 radical (unpaired) electrons. The first kappa shape index (κ1) is 19.4. The first-order valence-electron chi connectivity index (χ1n) is 9.65. The van der Waals surface area contributed by atoms with Crippen LogP contribution < -0.4 is 16.4 Å². The van der Waals surface area contributed by atoms with Gasteiger partial charge in [0.1, 0.15) is 6.54 Å². The van der Waals surface area contributed by atoms with E-state index in [9.17, 15) is 14.4 Å². The van der Waals surface area contributed by atoms with E-state index in [0.717, 1.165) is 32.0 Å². The fourth-order valence-electron chi connectivity index (χ4n) is 3.83. The Kier molecular flexibility index (Phi) is 6.11. The molecule has 1 atom stereocenters. The maximum Gasteiger partial charge on any atom is 0.317 e. The molecule has 27 heavy (non-hydrogen) atoms. The van der Waals surface area contributed by atoms with E-state index in [1.54, 1.807) is 31.3 Å². The summed E-state index contributed by atoms with van der Waals surface area (Å²) >= 11 is 0. The number of nitrogens with zero attached hydrogens (tertiary/aromatic N) is 3. The highest BCUT2D eigenvalue weighted by molar-refractivity contribution is 5.80. The van der Waals surface area contributed by atoms with Crippen LogP contribution >= 0.6 is 0 Å². The molecular weight excluding hydrogens is 344 g/mol. The number of fused-ring (bicyclic) bond motifs is 1. The Labute approximate surface area is 158 Å². The lowest BCUT2D eigenvalue weighted by Gasteiger charge is -2.30. The number of aromatic nitrogens is 2. The van der Waals surface area contributed by atoms with Gasteiger partial charge < -0.3 is 14.8 Å². The number of likely N-dealkylation sites (tertiary alicyclic amines) is 1. The van der Waals surface area contributed by atoms with Crippen molar-refractivity contribution in [1.82, 2.24) is 19.4 Å². The molecular formula is C20H28N4O3. The molecule has 146 valence electrons. The van der Waals surface area contributed by atoms with Crippen molar-refractivity contribution < 1.29 is 4.79 Å². The monoisotopic (exact) mass is 372 g/mol. The predicted molar refractivity (Wildman–Crippen MR) is 106 cm³/mol. The van der Waals surface area contributed by atoms with E-state index in [-0.39, 0.29) is 12.5 Å². The van der Waals surface area contributed by atoms with Crippen LogP contribution in [-0.4, -0.2) is 46.1 Å². The molecule has 7 heteroatoms. The number of amides is 1. The lowest BCUT2D eigenvalue weighted by molar-refractivity contribution is -0.121. The molecule has 0 bridgehead atoms. The average Bonchev–Trinajstić information content (AvgIpc) is 2.67. The zero-order valence-corrected chi connectivity index (χ0v) is 16.1. The molecule has 7 nitrogen and oxygen atoms in total. The van der Waals surface area contributed by atoms with Gasteiger partial charge >= 0.3 is 11.1 Å². The van der Waals surface area contributed by atoms with E-state index >= 15 is 0 Å². The summed E-state index contributed by atoms with van der Waals surface area (Å²) in [5.41, 5.74) is -0.0782. The number of rotatable bonds is 6. The summed E-state index contributed by atoms with van der Waals surface area (Å²) in [6.45, 7) is 5.94. The second-order valence-corrected chi connectivity index (χ2v) is 7.50. The van der Waals surface area contributed by atoms with Crippen LogP contribution in [0.4, 0.5) is 0 Å². The Morgan fingerprint density at radius 1 is 1.19 bits per heavy atom. The number of benzene rings is 1. The van der Waals surface area contributed by atoms with Crippen molar-refractivity contribution in [1.29, 1.82) is 0 Å². The molecule has 1 saturated heterocycles. The summed E-state index contributed by atoms with van der Waals surface area (Å²) in [7, 11) is 1.57. The number of hydrogen-bond donors (Lipinski definition) is 1. The van der Waals surface area contributed by atoms with E-state index < -0.39 is 11.1 Å². The minimum Gasteiger partial charge on any atom is -0.355 e. The van der Waals surface area contributed by atoms with Crippen LogP contribution in [0.2, 0.25) is 0 Å². The minimum atomic E-state index is -0.673. The maximum atomic E-state index is 12.3. The van der Waals surface area contributed by atoms with Gasteiger partial charge in [0.15, 0.2) is 0 Å². The molecule has 3 rings (SSSR count). The van der Waals surface area contributed by atoms with Gasteiger partial charge in [-0.2, -0.15) is 0 Å². The molecule has 0 unspecified atom stereocenters. The smallest absolute Gasteiger partial charge is 0.317 e. The molecule has 2 aromatic rings. The van der Waals surface area contributed by atoms with Crippen molar-refractivity contribution in [2.75, 3.05) is 26.2 Å². The van der Waals surface area contributed by atoms with Crippen LogP contribution in [0.25, 0.3) is 11.0 Å².